The third-order valence-corrected chi connectivity index (χ3v) is 5.54. The number of aryl methyl sites for hydroxylation is 2. The highest BCUT2D eigenvalue weighted by molar-refractivity contribution is 5.50. The largest absolute Gasteiger partial charge is 0.493 e. The zero-order valence-corrected chi connectivity index (χ0v) is 16.5. The molecule has 0 saturated carbocycles. The van der Waals surface area contributed by atoms with Gasteiger partial charge in [-0.05, 0) is 54.8 Å². The van der Waals surface area contributed by atoms with Gasteiger partial charge in [-0.2, -0.15) is 0 Å². The highest BCUT2D eigenvalue weighted by Crippen LogP contribution is 2.27. The van der Waals surface area contributed by atoms with Crippen molar-refractivity contribution in [2.24, 2.45) is 0 Å². The standard InChI is InChI=1S/C22H30N2O2/c1-17-5-7-20(15-18(17)2)24-13-11-23(12-14-24)10-9-19-6-8-21(25-3)22(16-19)26-4/h5-8,15-16H,9-14H2,1-4H3/p+1. The van der Waals surface area contributed by atoms with Crippen LogP contribution in [0.2, 0.25) is 0 Å². The molecule has 140 valence electrons. The van der Waals surface area contributed by atoms with E-state index in [1.807, 2.05) is 6.07 Å². The van der Waals surface area contributed by atoms with Gasteiger partial charge in [0.15, 0.2) is 11.5 Å². The normalized spacial score (nSPS) is 15.2. The lowest BCUT2D eigenvalue weighted by atomic mass is 10.1. The van der Waals surface area contributed by atoms with Crippen LogP contribution in [0.1, 0.15) is 16.7 Å². The Balaban J connectivity index is 1.52. The molecule has 4 nitrogen and oxygen atoms in total. The van der Waals surface area contributed by atoms with Crippen molar-refractivity contribution in [2.75, 3.05) is 51.8 Å². The number of rotatable bonds is 6. The van der Waals surface area contributed by atoms with Crippen LogP contribution in [0.3, 0.4) is 0 Å². The van der Waals surface area contributed by atoms with Gasteiger partial charge >= 0.3 is 0 Å². The van der Waals surface area contributed by atoms with Crippen LogP contribution in [-0.2, 0) is 6.42 Å². The first-order chi connectivity index (χ1) is 12.6. The Morgan fingerprint density at radius 1 is 0.885 bits per heavy atom. The Kier molecular flexibility index (Phi) is 6.04. The van der Waals surface area contributed by atoms with Gasteiger partial charge < -0.3 is 19.3 Å². The molecular formula is C22H31N2O2+. The van der Waals surface area contributed by atoms with Gasteiger partial charge in [0.2, 0.25) is 0 Å². The number of piperazine rings is 1. The van der Waals surface area contributed by atoms with Gasteiger partial charge in [0.05, 0.1) is 46.9 Å². The predicted octanol–water partition coefficient (Wildman–Crippen LogP) is 2.27. The van der Waals surface area contributed by atoms with Crippen LogP contribution in [-0.4, -0.2) is 46.9 Å². The number of benzene rings is 2. The molecule has 1 aliphatic rings. The highest BCUT2D eigenvalue weighted by Gasteiger charge is 2.20. The molecular weight excluding hydrogens is 324 g/mol. The molecule has 3 rings (SSSR count). The van der Waals surface area contributed by atoms with Crippen molar-refractivity contribution in [3.05, 3.63) is 53.1 Å². The van der Waals surface area contributed by atoms with E-state index in [9.17, 15) is 0 Å². The van der Waals surface area contributed by atoms with E-state index in [0.717, 1.165) is 37.6 Å². The lowest BCUT2D eigenvalue weighted by Crippen LogP contribution is -3.15. The van der Waals surface area contributed by atoms with Gasteiger partial charge in [-0.1, -0.05) is 12.1 Å². The van der Waals surface area contributed by atoms with Gasteiger partial charge in [-0.15, -0.1) is 0 Å². The number of ether oxygens (including phenoxy) is 2. The van der Waals surface area contributed by atoms with Crippen molar-refractivity contribution in [3.8, 4) is 11.5 Å². The summed E-state index contributed by atoms with van der Waals surface area (Å²) < 4.78 is 10.7. The highest BCUT2D eigenvalue weighted by atomic mass is 16.5. The minimum atomic E-state index is 0.797. The predicted molar refractivity (Wildman–Crippen MR) is 107 cm³/mol. The summed E-state index contributed by atoms with van der Waals surface area (Å²) in [6.45, 7) is 10.2. The Bertz CT molecular complexity index is 737. The number of quaternary nitrogens is 1. The monoisotopic (exact) mass is 355 g/mol. The first kappa shape index (κ1) is 18.6. The quantitative estimate of drug-likeness (QED) is 0.861. The molecule has 0 atom stereocenters. The van der Waals surface area contributed by atoms with Crippen LogP contribution in [0, 0.1) is 13.8 Å². The van der Waals surface area contributed by atoms with E-state index in [2.05, 4.69) is 49.1 Å². The summed E-state index contributed by atoms with van der Waals surface area (Å²) in [5.41, 5.74) is 5.43. The number of nitrogens with one attached hydrogen (secondary N) is 1. The summed E-state index contributed by atoms with van der Waals surface area (Å²) >= 11 is 0. The van der Waals surface area contributed by atoms with Crippen molar-refractivity contribution in [1.82, 2.24) is 0 Å². The minimum Gasteiger partial charge on any atom is -0.493 e. The van der Waals surface area contributed by atoms with E-state index < -0.39 is 0 Å². The van der Waals surface area contributed by atoms with Crippen LogP contribution < -0.4 is 19.3 Å². The zero-order valence-electron chi connectivity index (χ0n) is 16.5. The molecule has 1 heterocycles. The van der Waals surface area contributed by atoms with E-state index in [0.29, 0.717) is 0 Å². The van der Waals surface area contributed by atoms with E-state index in [1.54, 1.807) is 19.1 Å². The van der Waals surface area contributed by atoms with Crippen LogP contribution in [0.15, 0.2) is 36.4 Å². The topological polar surface area (TPSA) is 26.1 Å². The van der Waals surface area contributed by atoms with Crippen molar-refractivity contribution in [1.29, 1.82) is 0 Å². The first-order valence-corrected chi connectivity index (χ1v) is 9.47. The lowest BCUT2D eigenvalue weighted by Gasteiger charge is -2.34. The number of anilines is 1. The fraction of sp³-hybridized carbons (Fsp3) is 0.455. The maximum atomic E-state index is 5.41. The summed E-state index contributed by atoms with van der Waals surface area (Å²) in [4.78, 5) is 4.20. The fourth-order valence-corrected chi connectivity index (χ4v) is 3.61. The van der Waals surface area contributed by atoms with E-state index in [1.165, 1.54) is 35.5 Å². The molecule has 0 aromatic heterocycles. The molecule has 2 aromatic carbocycles. The van der Waals surface area contributed by atoms with Gasteiger partial charge in [-0.25, -0.2) is 0 Å². The number of methoxy groups -OCH3 is 2. The van der Waals surface area contributed by atoms with Crippen molar-refractivity contribution in [3.63, 3.8) is 0 Å². The molecule has 0 amide bonds. The molecule has 1 N–H and O–H groups in total. The molecule has 4 heteroatoms. The van der Waals surface area contributed by atoms with Crippen molar-refractivity contribution < 1.29 is 14.4 Å². The number of nitrogens with zero attached hydrogens (tertiary/aromatic N) is 1. The first-order valence-electron chi connectivity index (χ1n) is 9.47. The smallest absolute Gasteiger partial charge is 0.160 e. The van der Waals surface area contributed by atoms with Gasteiger partial charge in [0.1, 0.15) is 0 Å². The maximum Gasteiger partial charge on any atom is 0.160 e. The van der Waals surface area contributed by atoms with Crippen LogP contribution in [0.25, 0.3) is 0 Å². The van der Waals surface area contributed by atoms with E-state index in [-0.39, 0.29) is 0 Å². The second-order valence-corrected chi connectivity index (χ2v) is 7.19. The third kappa shape index (κ3) is 4.31. The molecule has 0 unspecified atom stereocenters. The Morgan fingerprint density at radius 3 is 2.27 bits per heavy atom. The van der Waals surface area contributed by atoms with E-state index in [4.69, 9.17) is 9.47 Å². The van der Waals surface area contributed by atoms with Gasteiger partial charge in [0.25, 0.3) is 0 Å². The minimum absolute atomic E-state index is 0.797. The second kappa shape index (κ2) is 8.45. The summed E-state index contributed by atoms with van der Waals surface area (Å²) in [5, 5.41) is 0. The molecule has 0 aliphatic carbocycles. The summed E-state index contributed by atoms with van der Waals surface area (Å²) in [6.07, 6.45) is 1.07. The molecule has 1 aliphatic heterocycles. The van der Waals surface area contributed by atoms with Crippen molar-refractivity contribution in [2.45, 2.75) is 20.3 Å². The SMILES string of the molecule is COc1ccc(CC[NH+]2CCN(c3ccc(C)c(C)c3)CC2)cc1OC. The van der Waals surface area contributed by atoms with Crippen LogP contribution in [0.4, 0.5) is 5.69 Å². The second-order valence-electron chi connectivity index (χ2n) is 7.19. The molecule has 0 bridgehead atoms. The Morgan fingerprint density at radius 2 is 1.62 bits per heavy atom. The molecule has 2 aromatic rings. The maximum absolute atomic E-state index is 5.41. The molecule has 0 radical (unpaired) electrons. The summed E-state index contributed by atoms with van der Waals surface area (Å²) in [7, 11) is 3.37. The molecule has 26 heavy (non-hydrogen) atoms. The Labute approximate surface area is 157 Å². The fourth-order valence-electron chi connectivity index (χ4n) is 3.61. The third-order valence-electron chi connectivity index (χ3n) is 5.54. The van der Waals surface area contributed by atoms with Crippen LogP contribution in [0.5, 0.6) is 11.5 Å². The van der Waals surface area contributed by atoms with Gasteiger partial charge in [0, 0.05) is 12.1 Å². The average Bonchev–Trinajstić information content (AvgIpc) is 2.68. The average molecular weight is 356 g/mol. The summed E-state index contributed by atoms with van der Waals surface area (Å²) in [6, 6.07) is 13.1. The lowest BCUT2D eigenvalue weighted by molar-refractivity contribution is -0.900. The number of hydrogen-bond acceptors (Lipinski definition) is 3. The molecule has 1 saturated heterocycles. The zero-order chi connectivity index (χ0) is 18.5. The molecule has 1 fully saturated rings. The van der Waals surface area contributed by atoms with Gasteiger partial charge in [-0.3, -0.25) is 0 Å². The van der Waals surface area contributed by atoms with E-state index >= 15 is 0 Å². The molecule has 0 spiro atoms. The van der Waals surface area contributed by atoms with Crippen LogP contribution >= 0.6 is 0 Å². The Hall–Kier alpha value is -2.20. The van der Waals surface area contributed by atoms with Crippen molar-refractivity contribution >= 4 is 5.69 Å². The number of hydrogen-bond donors (Lipinski definition) is 1. The summed E-state index contributed by atoms with van der Waals surface area (Å²) in [5.74, 6) is 1.62.